The number of amides is 2. The molecule has 2 heterocycles. The Bertz CT molecular complexity index is 980. The fraction of sp³-hybridized carbons (Fsp3) is 0.364. The number of aromatic amines is 1. The first-order valence-corrected chi connectivity index (χ1v) is 9.88. The van der Waals surface area contributed by atoms with Crippen LogP contribution in [0.15, 0.2) is 18.2 Å². The van der Waals surface area contributed by atoms with Crippen molar-refractivity contribution in [2.75, 3.05) is 31.5 Å². The van der Waals surface area contributed by atoms with Gasteiger partial charge in [-0.25, -0.2) is 4.39 Å². The third-order valence-corrected chi connectivity index (χ3v) is 5.36. The number of hydrogen-bond acceptors (Lipinski definition) is 3. The molecule has 2 aromatic rings. The highest BCUT2D eigenvalue weighted by atomic mass is 35.5. The zero-order valence-corrected chi connectivity index (χ0v) is 18.5. The summed E-state index contributed by atoms with van der Waals surface area (Å²) >= 11 is 0. The van der Waals surface area contributed by atoms with Gasteiger partial charge in [0.25, 0.3) is 11.8 Å². The van der Waals surface area contributed by atoms with Crippen molar-refractivity contribution in [1.82, 2.24) is 15.2 Å². The summed E-state index contributed by atoms with van der Waals surface area (Å²) in [5.74, 6) is -0.836. The second-order valence-electron chi connectivity index (χ2n) is 7.15. The van der Waals surface area contributed by atoms with E-state index in [-0.39, 0.29) is 24.2 Å². The van der Waals surface area contributed by atoms with E-state index in [2.05, 4.69) is 34.4 Å². The van der Waals surface area contributed by atoms with Crippen LogP contribution >= 0.6 is 12.4 Å². The van der Waals surface area contributed by atoms with Crippen LogP contribution < -0.4 is 10.6 Å². The van der Waals surface area contributed by atoms with Crippen molar-refractivity contribution in [1.29, 1.82) is 0 Å². The van der Waals surface area contributed by atoms with Crippen molar-refractivity contribution in [2.24, 2.45) is 0 Å². The number of nitrogens with one attached hydrogen (secondary N) is 3. The van der Waals surface area contributed by atoms with E-state index in [0.717, 1.165) is 30.9 Å². The average Bonchev–Trinajstić information content (AvgIpc) is 3.14. The van der Waals surface area contributed by atoms with Gasteiger partial charge in [-0.15, -0.1) is 12.4 Å². The van der Waals surface area contributed by atoms with Gasteiger partial charge in [0.05, 0.1) is 11.1 Å². The number of H-pyrrole nitrogens is 1. The highest BCUT2D eigenvalue weighted by Crippen LogP contribution is 2.34. The lowest BCUT2D eigenvalue weighted by Crippen LogP contribution is -2.35. The normalized spacial score (nSPS) is 13.9. The Morgan fingerprint density at radius 1 is 1.23 bits per heavy atom. The summed E-state index contributed by atoms with van der Waals surface area (Å²) in [6, 6.07) is 4.20. The van der Waals surface area contributed by atoms with Crippen LogP contribution in [0.25, 0.3) is 11.6 Å². The second kappa shape index (κ2) is 9.91. The van der Waals surface area contributed by atoms with Gasteiger partial charge in [0.1, 0.15) is 5.82 Å². The van der Waals surface area contributed by atoms with Crippen molar-refractivity contribution in [3.63, 3.8) is 0 Å². The molecule has 0 bridgehead atoms. The molecule has 0 radical (unpaired) electrons. The summed E-state index contributed by atoms with van der Waals surface area (Å²) in [6.45, 7) is 11.1. The smallest absolute Gasteiger partial charge is 0.256 e. The Kier molecular flexibility index (Phi) is 7.81. The number of halogens is 2. The zero-order valence-electron chi connectivity index (χ0n) is 17.7. The molecule has 2 amide bonds. The molecule has 1 aliphatic rings. The standard InChI is InChI=1S/C22H27FN4O2.ClH/c1-5-27(6-2)10-9-24-22(29)20-13(3)19(25-14(20)4)12-17-16-11-15(23)7-8-18(16)26-21(17)28;/h7-8,11-12,25H,5-6,9-10H2,1-4H3,(H,24,29)(H,26,28);1H. The predicted molar refractivity (Wildman–Crippen MR) is 121 cm³/mol. The number of aryl methyl sites for hydroxylation is 1. The highest BCUT2D eigenvalue weighted by molar-refractivity contribution is 6.34. The lowest BCUT2D eigenvalue weighted by atomic mass is 10.0. The molecule has 8 heteroatoms. The molecule has 162 valence electrons. The van der Waals surface area contributed by atoms with Gasteiger partial charge in [0.2, 0.25) is 0 Å². The molecule has 3 N–H and O–H groups in total. The van der Waals surface area contributed by atoms with Crippen LogP contribution in [0.1, 0.15) is 46.7 Å². The highest BCUT2D eigenvalue weighted by Gasteiger charge is 2.26. The van der Waals surface area contributed by atoms with Gasteiger partial charge < -0.3 is 20.5 Å². The third kappa shape index (κ3) is 4.74. The number of carbonyl (C=O) groups excluding carboxylic acids is 2. The van der Waals surface area contributed by atoms with E-state index in [4.69, 9.17) is 0 Å². The van der Waals surface area contributed by atoms with Crippen molar-refractivity contribution in [3.8, 4) is 0 Å². The minimum absolute atomic E-state index is 0. The Morgan fingerprint density at radius 3 is 2.60 bits per heavy atom. The molecule has 1 aromatic carbocycles. The van der Waals surface area contributed by atoms with Crippen LogP contribution in [-0.4, -0.2) is 47.9 Å². The number of carbonyl (C=O) groups is 2. The van der Waals surface area contributed by atoms with Crippen molar-refractivity contribution < 1.29 is 14.0 Å². The molecule has 0 saturated carbocycles. The molecule has 6 nitrogen and oxygen atoms in total. The van der Waals surface area contributed by atoms with Crippen LogP contribution in [0.2, 0.25) is 0 Å². The molecule has 30 heavy (non-hydrogen) atoms. The molecule has 0 atom stereocenters. The lowest BCUT2D eigenvalue weighted by Gasteiger charge is -2.18. The van der Waals surface area contributed by atoms with E-state index in [1.54, 1.807) is 12.1 Å². The predicted octanol–water partition coefficient (Wildman–Crippen LogP) is 3.76. The average molecular weight is 435 g/mol. The van der Waals surface area contributed by atoms with Gasteiger partial charge in [0, 0.05) is 35.7 Å². The van der Waals surface area contributed by atoms with E-state index in [9.17, 15) is 14.0 Å². The number of likely N-dealkylation sites (N-methyl/N-ethyl adjacent to an activating group) is 1. The van der Waals surface area contributed by atoms with Gasteiger partial charge in [0.15, 0.2) is 0 Å². The first kappa shape index (κ1) is 23.6. The number of benzene rings is 1. The molecule has 0 aliphatic carbocycles. The molecule has 0 saturated heterocycles. The molecule has 1 aromatic heterocycles. The maximum atomic E-state index is 13.7. The lowest BCUT2D eigenvalue weighted by molar-refractivity contribution is -0.110. The Hall–Kier alpha value is -2.64. The van der Waals surface area contributed by atoms with Gasteiger partial charge in [-0.1, -0.05) is 13.8 Å². The Labute approximate surface area is 182 Å². The van der Waals surface area contributed by atoms with Crippen molar-refractivity contribution >= 4 is 41.6 Å². The number of hydrogen-bond donors (Lipinski definition) is 3. The van der Waals surface area contributed by atoms with Crippen LogP contribution in [0.3, 0.4) is 0 Å². The largest absolute Gasteiger partial charge is 0.358 e. The van der Waals surface area contributed by atoms with E-state index in [0.29, 0.717) is 34.6 Å². The summed E-state index contributed by atoms with van der Waals surface area (Å²) in [4.78, 5) is 30.5. The van der Waals surface area contributed by atoms with Gasteiger partial charge in [-0.3, -0.25) is 9.59 Å². The quantitative estimate of drug-likeness (QED) is 0.581. The first-order valence-electron chi connectivity index (χ1n) is 9.88. The first-order chi connectivity index (χ1) is 13.8. The van der Waals surface area contributed by atoms with E-state index < -0.39 is 5.82 Å². The van der Waals surface area contributed by atoms with Crippen molar-refractivity contribution in [3.05, 3.63) is 52.1 Å². The SMILES string of the molecule is CCN(CC)CCNC(=O)c1c(C)[nH]c(C=C2C(=O)Nc3ccc(F)cc32)c1C.Cl. The minimum Gasteiger partial charge on any atom is -0.358 e. The fourth-order valence-electron chi connectivity index (χ4n) is 3.66. The maximum Gasteiger partial charge on any atom is 0.256 e. The van der Waals surface area contributed by atoms with Crippen LogP contribution in [0.5, 0.6) is 0 Å². The van der Waals surface area contributed by atoms with Crippen LogP contribution in [0, 0.1) is 19.7 Å². The number of anilines is 1. The minimum atomic E-state index is -0.404. The topological polar surface area (TPSA) is 77.2 Å². The maximum absolute atomic E-state index is 13.7. The van der Waals surface area contributed by atoms with E-state index in [1.807, 2.05) is 13.8 Å². The Morgan fingerprint density at radius 2 is 1.93 bits per heavy atom. The van der Waals surface area contributed by atoms with Gasteiger partial charge >= 0.3 is 0 Å². The second-order valence-corrected chi connectivity index (χ2v) is 7.15. The molecule has 0 unspecified atom stereocenters. The van der Waals surface area contributed by atoms with Gasteiger partial charge in [-0.2, -0.15) is 0 Å². The third-order valence-electron chi connectivity index (χ3n) is 5.36. The molecular formula is C22H28ClFN4O2. The number of aromatic nitrogens is 1. The zero-order chi connectivity index (χ0) is 21.1. The van der Waals surface area contributed by atoms with E-state index in [1.165, 1.54) is 12.1 Å². The number of nitrogens with zero attached hydrogens (tertiary/aromatic N) is 1. The molecular weight excluding hydrogens is 407 g/mol. The molecule has 0 fully saturated rings. The number of rotatable bonds is 7. The fourth-order valence-corrected chi connectivity index (χ4v) is 3.66. The summed E-state index contributed by atoms with van der Waals surface area (Å²) in [5.41, 5.74) is 4.20. The van der Waals surface area contributed by atoms with Gasteiger partial charge in [-0.05, 0) is 56.8 Å². The summed E-state index contributed by atoms with van der Waals surface area (Å²) < 4.78 is 13.7. The van der Waals surface area contributed by atoms with Crippen LogP contribution in [-0.2, 0) is 4.79 Å². The molecule has 0 spiro atoms. The number of fused-ring (bicyclic) bond motifs is 1. The molecule has 1 aliphatic heterocycles. The van der Waals surface area contributed by atoms with Crippen molar-refractivity contribution in [2.45, 2.75) is 27.7 Å². The summed E-state index contributed by atoms with van der Waals surface area (Å²) in [7, 11) is 0. The summed E-state index contributed by atoms with van der Waals surface area (Å²) in [5, 5.41) is 5.70. The summed E-state index contributed by atoms with van der Waals surface area (Å²) in [6.07, 6.45) is 1.68. The Balaban J connectivity index is 0.00000320. The van der Waals surface area contributed by atoms with E-state index >= 15 is 0 Å². The van der Waals surface area contributed by atoms with Crippen LogP contribution in [0.4, 0.5) is 10.1 Å². The monoisotopic (exact) mass is 434 g/mol. The molecule has 3 rings (SSSR count).